The van der Waals surface area contributed by atoms with Crippen LogP contribution in [0, 0.1) is 0 Å². The smallest absolute Gasteiger partial charge is 0.401 e. The maximum atomic E-state index is 12.0. The van der Waals surface area contributed by atoms with E-state index in [1.807, 2.05) is 0 Å². The van der Waals surface area contributed by atoms with Gasteiger partial charge in [-0.2, -0.15) is 8.42 Å². The molecule has 3 unspecified atom stereocenters. The van der Waals surface area contributed by atoms with Crippen LogP contribution in [0.15, 0.2) is 18.2 Å². The van der Waals surface area contributed by atoms with Crippen LogP contribution in [0.5, 0.6) is 11.5 Å². The second kappa shape index (κ2) is 3.84. The first-order valence-corrected chi connectivity index (χ1v) is 6.97. The third-order valence-electron chi connectivity index (χ3n) is 3.26. The first-order valence-electron chi connectivity index (χ1n) is 5.64. The normalized spacial score (nSPS) is 34.8. The van der Waals surface area contributed by atoms with Crippen LogP contribution in [0.1, 0.15) is 12.5 Å². The molecule has 0 radical (unpaired) electrons. The van der Waals surface area contributed by atoms with E-state index in [-0.39, 0.29) is 11.3 Å². The van der Waals surface area contributed by atoms with Gasteiger partial charge in [0.15, 0.2) is 6.10 Å². The average molecular weight is 302 g/mol. The Morgan fingerprint density at radius 2 is 2.00 bits per heavy atom. The number of ether oxygens (including phenoxy) is 1. The van der Waals surface area contributed by atoms with E-state index in [2.05, 4.69) is 0 Å². The second-order valence-electron chi connectivity index (χ2n) is 4.56. The van der Waals surface area contributed by atoms with Crippen molar-refractivity contribution in [1.29, 1.82) is 0 Å². The lowest BCUT2D eigenvalue weighted by Gasteiger charge is -2.21. The SMILES string of the molecule is CC1OC(=O)C2(c3ccc(O)cc3O)OS(=O)(=O)OC12. The molecule has 0 spiro atoms. The summed E-state index contributed by atoms with van der Waals surface area (Å²) in [6, 6.07) is 3.33. The Balaban J connectivity index is 2.24. The molecule has 20 heavy (non-hydrogen) atoms. The van der Waals surface area contributed by atoms with E-state index >= 15 is 0 Å². The van der Waals surface area contributed by atoms with Crippen molar-refractivity contribution in [2.45, 2.75) is 24.7 Å². The summed E-state index contributed by atoms with van der Waals surface area (Å²) in [7, 11) is -4.38. The zero-order chi connectivity index (χ0) is 14.7. The molecule has 8 nitrogen and oxygen atoms in total. The summed E-state index contributed by atoms with van der Waals surface area (Å²) < 4.78 is 37.5. The van der Waals surface area contributed by atoms with Crippen LogP contribution in [0.3, 0.4) is 0 Å². The molecular formula is C11H10O8S. The van der Waals surface area contributed by atoms with Gasteiger partial charge in [0.25, 0.3) is 0 Å². The zero-order valence-corrected chi connectivity index (χ0v) is 11.0. The lowest BCUT2D eigenvalue weighted by molar-refractivity contribution is -0.152. The highest BCUT2D eigenvalue weighted by Gasteiger charge is 2.69. The van der Waals surface area contributed by atoms with E-state index in [1.54, 1.807) is 0 Å². The van der Waals surface area contributed by atoms with Crippen molar-refractivity contribution in [3.8, 4) is 11.5 Å². The fourth-order valence-electron chi connectivity index (χ4n) is 2.44. The summed E-state index contributed by atoms with van der Waals surface area (Å²) in [4.78, 5) is 12.0. The minimum absolute atomic E-state index is 0.143. The highest BCUT2D eigenvalue weighted by Crippen LogP contribution is 2.50. The highest BCUT2D eigenvalue weighted by molar-refractivity contribution is 7.82. The molecule has 2 saturated heterocycles. The molecule has 3 atom stereocenters. The van der Waals surface area contributed by atoms with Gasteiger partial charge in [-0.25, -0.2) is 13.2 Å². The number of hydrogen-bond acceptors (Lipinski definition) is 8. The van der Waals surface area contributed by atoms with Gasteiger partial charge in [0.2, 0.25) is 5.60 Å². The Kier molecular flexibility index (Phi) is 2.53. The van der Waals surface area contributed by atoms with Crippen LogP contribution in [0.25, 0.3) is 0 Å². The molecule has 108 valence electrons. The van der Waals surface area contributed by atoms with E-state index in [1.165, 1.54) is 19.1 Å². The van der Waals surface area contributed by atoms with Gasteiger partial charge in [-0.1, -0.05) is 0 Å². The number of aromatic hydroxyl groups is 2. The van der Waals surface area contributed by atoms with Crippen molar-refractivity contribution >= 4 is 16.4 Å². The number of hydrogen-bond donors (Lipinski definition) is 2. The minimum Gasteiger partial charge on any atom is -0.508 e. The summed E-state index contributed by atoms with van der Waals surface area (Å²) in [5.41, 5.74) is -2.23. The Morgan fingerprint density at radius 1 is 1.30 bits per heavy atom. The molecule has 2 heterocycles. The maximum Gasteiger partial charge on any atom is 0.401 e. The van der Waals surface area contributed by atoms with Crippen LogP contribution in [0.4, 0.5) is 0 Å². The Bertz CT molecular complexity index is 696. The number of esters is 1. The zero-order valence-electron chi connectivity index (χ0n) is 10.1. The van der Waals surface area contributed by atoms with Crippen molar-refractivity contribution < 1.29 is 36.5 Å². The molecule has 0 bridgehead atoms. The summed E-state index contributed by atoms with van der Waals surface area (Å²) in [6.07, 6.45) is -2.11. The van der Waals surface area contributed by atoms with Crippen LogP contribution in [-0.2, 0) is 33.9 Å². The van der Waals surface area contributed by atoms with Crippen molar-refractivity contribution in [3.05, 3.63) is 23.8 Å². The number of phenols is 2. The van der Waals surface area contributed by atoms with Gasteiger partial charge < -0.3 is 14.9 Å². The Labute approximate surface area is 113 Å². The third-order valence-corrected chi connectivity index (χ3v) is 4.17. The lowest BCUT2D eigenvalue weighted by Crippen LogP contribution is -2.40. The number of carbonyl (C=O) groups excluding carboxylic acids is 1. The van der Waals surface area contributed by atoms with Crippen molar-refractivity contribution in [2.24, 2.45) is 0 Å². The van der Waals surface area contributed by atoms with Gasteiger partial charge in [-0.15, -0.1) is 0 Å². The van der Waals surface area contributed by atoms with Crippen LogP contribution >= 0.6 is 0 Å². The molecule has 9 heteroatoms. The molecule has 1 aromatic carbocycles. The number of cyclic esters (lactones) is 1. The summed E-state index contributed by atoms with van der Waals surface area (Å²) >= 11 is 0. The van der Waals surface area contributed by atoms with E-state index in [0.717, 1.165) is 6.07 Å². The molecule has 2 aliphatic rings. The summed E-state index contributed by atoms with van der Waals surface area (Å²) in [5.74, 6) is -1.72. The Hall–Kier alpha value is -1.84. The van der Waals surface area contributed by atoms with E-state index < -0.39 is 39.9 Å². The van der Waals surface area contributed by atoms with E-state index in [0.29, 0.717) is 0 Å². The van der Waals surface area contributed by atoms with E-state index in [9.17, 15) is 23.4 Å². The van der Waals surface area contributed by atoms with Gasteiger partial charge in [-0.3, -0.25) is 0 Å². The van der Waals surface area contributed by atoms with Crippen molar-refractivity contribution in [2.75, 3.05) is 0 Å². The van der Waals surface area contributed by atoms with Crippen molar-refractivity contribution in [1.82, 2.24) is 0 Å². The number of benzene rings is 1. The predicted octanol–water partition coefficient (Wildman–Crippen LogP) is -0.101. The largest absolute Gasteiger partial charge is 0.508 e. The minimum atomic E-state index is -4.38. The molecule has 2 fully saturated rings. The van der Waals surface area contributed by atoms with Gasteiger partial charge >= 0.3 is 16.4 Å². The quantitative estimate of drug-likeness (QED) is 0.690. The molecule has 1 aromatic rings. The molecule has 0 saturated carbocycles. The van der Waals surface area contributed by atoms with Crippen LogP contribution < -0.4 is 0 Å². The van der Waals surface area contributed by atoms with Gasteiger partial charge in [0, 0.05) is 11.6 Å². The maximum absolute atomic E-state index is 12.0. The monoisotopic (exact) mass is 302 g/mol. The molecule has 0 amide bonds. The fourth-order valence-corrected chi connectivity index (χ4v) is 3.60. The summed E-state index contributed by atoms with van der Waals surface area (Å²) in [6.45, 7) is 1.45. The first-order chi connectivity index (χ1) is 9.26. The lowest BCUT2D eigenvalue weighted by atomic mass is 9.87. The topological polar surface area (TPSA) is 119 Å². The van der Waals surface area contributed by atoms with Crippen molar-refractivity contribution in [3.63, 3.8) is 0 Å². The standard InChI is InChI=1S/C11H10O8S/c1-5-9-11(10(14)17-5,19-20(15,16)18-9)7-3-2-6(12)4-8(7)13/h2-5,9,12-13H,1H3. The second-order valence-corrected chi connectivity index (χ2v) is 5.73. The number of phenolic OH excluding ortho intramolecular Hbond substituents is 2. The van der Waals surface area contributed by atoms with Crippen LogP contribution in [0.2, 0.25) is 0 Å². The summed E-state index contributed by atoms with van der Waals surface area (Å²) in [5, 5.41) is 19.1. The van der Waals surface area contributed by atoms with Gasteiger partial charge in [0.1, 0.15) is 17.6 Å². The fraction of sp³-hybridized carbons (Fsp3) is 0.364. The molecule has 0 aromatic heterocycles. The number of carbonyl (C=O) groups is 1. The van der Waals surface area contributed by atoms with Gasteiger partial charge in [0.05, 0.1) is 0 Å². The molecular weight excluding hydrogens is 292 g/mol. The highest BCUT2D eigenvalue weighted by atomic mass is 32.3. The molecule has 3 rings (SSSR count). The molecule has 0 aliphatic carbocycles. The number of fused-ring (bicyclic) bond motifs is 1. The molecule has 2 N–H and O–H groups in total. The average Bonchev–Trinajstić information content (AvgIpc) is 2.72. The number of rotatable bonds is 1. The van der Waals surface area contributed by atoms with Crippen LogP contribution in [-0.4, -0.2) is 36.8 Å². The molecule has 2 aliphatic heterocycles. The first kappa shape index (κ1) is 13.2. The third kappa shape index (κ3) is 1.60. The van der Waals surface area contributed by atoms with Gasteiger partial charge in [-0.05, 0) is 19.1 Å². The predicted molar refractivity (Wildman–Crippen MR) is 61.9 cm³/mol. The Morgan fingerprint density at radius 3 is 2.65 bits per heavy atom. The van der Waals surface area contributed by atoms with E-state index in [4.69, 9.17) is 13.1 Å².